The zero-order valence-corrected chi connectivity index (χ0v) is 11.0. The maximum absolute atomic E-state index is 12.2. The SMILES string of the molecule is CN1CCN(C(=O)C2CCN(P)NC2)CC1. The van der Waals surface area contributed by atoms with E-state index in [1.54, 1.807) is 0 Å². The van der Waals surface area contributed by atoms with E-state index in [2.05, 4.69) is 26.8 Å². The number of nitrogens with one attached hydrogen (secondary N) is 1. The molecule has 0 radical (unpaired) electrons. The first kappa shape index (κ1) is 12.2. The minimum Gasteiger partial charge on any atom is -0.340 e. The maximum atomic E-state index is 12.2. The van der Waals surface area contributed by atoms with Gasteiger partial charge in [0.15, 0.2) is 0 Å². The van der Waals surface area contributed by atoms with Gasteiger partial charge in [0.25, 0.3) is 0 Å². The Labute approximate surface area is 99.4 Å². The van der Waals surface area contributed by atoms with Crippen LogP contribution in [0.3, 0.4) is 0 Å². The topological polar surface area (TPSA) is 38.8 Å². The van der Waals surface area contributed by atoms with Crippen LogP contribution in [0.5, 0.6) is 0 Å². The van der Waals surface area contributed by atoms with Crippen molar-refractivity contribution >= 4 is 15.3 Å². The molecule has 2 aliphatic rings. The van der Waals surface area contributed by atoms with Crippen LogP contribution in [0.2, 0.25) is 0 Å². The van der Waals surface area contributed by atoms with Crippen molar-refractivity contribution < 1.29 is 4.79 Å². The molecule has 2 atom stereocenters. The average Bonchev–Trinajstić information content (AvgIpc) is 2.30. The molecule has 0 bridgehead atoms. The normalized spacial score (nSPS) is 29.4. The second-order valence-electron chi connectivity index (χ2n) is 4.67. The largest absolute Gasteiger partial charge is 0.340 e. The van der Waals surface area contributed by atoms with Gasteiger partial charge in [-0.05, 0) is 22.9 Å². The summed E-state index contributed by atoms with van der Waals surface area (Å²) >= 11 is 0. The number of hydrazine groups is 1. The Kier molecular flexibility index (Phi) is 4.14. The molecular weight excluding hydrogens is 223 g/mol. The molecule has 2 rings (SSSR count). The molecule has 16 heavy (non-hydrogen) atoms. The van der Waals surface area contributed by atoms with E-state index in [9.17, 15) is 4.79 Å². The Hall–Kier alpha value is -0.220. The van der Waals surface area contributed by atoms with Gasteiger partial charge in [-0.25, -0.2) is 4.78 Å². The van der Waals surface area contributed by atoms with Gasteiger partial charge < -0.3 is 9.80 Å². The van der Waals surface area contributed by atoms with E-state index >= 15 is 0 Å². The van der Waals surface area contributed by atoms with E-state index in [4.69, 9.17) is 0 Å². The monoisotopic (exact) mass is 244 g/mol. The molecular formula is C10H21N4OP. The van der Waals surface area contributed by atoms with E-state index < -0.39 is 0 Å². The molecule has 92 valence electrons. The summed E-state index contributed by atoms with van der Waals surface area (Å²) in [6, 6.07) is 0. The third-order valence-corrected chi connectivity index (χ3v) is 3.86. The second-order valence-corrected chi connectivity index (χ2v) is 5.29. The summed E-state index contributed by atoms with van der Waals surface area (Å²) in [4.78, 5) is 16.5. The first-order chi connectivity index (χ1) is 7.66. The van der Waals surface area contributed by atoms with Gasteiger partial charge in [0.05, 0.1) is 5.92 Å². The van der Waals surface area contributed by atoms with Gasteiger partial charge in [-0.15, -0.1) is 0 Å². The summed E-state index contributed by atoms with van der Waals surface area (Å²) in [5, 5.41) is 0. The molecule has 2 aliphatic heterocycles. The molecule has 0 aromatic rings. The quantitative estimate of drug-likeness (QED) is 0.624. The Morgan fingerprint density at radius 2 is 1.94 bits per heavy atom. The number of likely N-dealkylation sites (N-methyl/N-ethyl adjacent to an activating group) is 1. The summed E-state index contributed by atoms with van der Waals surface area (Å²) in [6.07, 6.45) is 0.960. The average molecular weight is 244 g/mol. The minimum atomic E-state index is 0.167. The van der Waals surface area contributed by atoms with Crippen molar-refractivity contribution in [2.24, 2.45) is 5.92 Å². The number of carbonyl (C=O) groups is 1. The van der Waals surface area contributed by atoms with Gasteiger partial charge in [0.1, 0.15) is 0 Å². The Bertz CT molecular complexity index is 223. The standard InChI is InChI=1S/C10H21N4OP/c1-12-4-6-13(7-5-12)10(15)9-2-3-14(16)11-8-9/h9,11H,2-8,16H2,1H3. The zero-order valence-electron chi connectivity index (χ0n) is 9.85. The van der Waals surface area contributed by atoms with E-state index in [1.165, 1.54) is 0 Å². The predicted octanol–water partition coefficient (Wildman–Crippen LogP) is -0.623. The molecule has 0 saturated carbocycles. The molecule has 2 unspecified atom stereocenters. The zero-order chi connectivity index (χ0) is 11.5. The Balaban J connectivity index is 1.83. The number of hydrogen-bond donors (Lipinski definition) is 1. The molecule has 0 spiro atoms. The van der Waals surface area contributed by atoms with Gasteiger partial charge in [0.2, 0.25) is 5.91 Å². The fourth-order valence-corrected chi connectivity index (χ4v) is 2.45. The fraction of sp³-hybridized carbons (Fsp3) is 0.900. The van der Waals surface area contributed by atoms with Crippen molar-refractivity contribution in [3.63, 3.8) is 0 Å². The first-order valence-corrected chi connectivity index (χ1v) is 6.41. The van der Waals surface area contributed by atoms with E-state index in [0.717, 1.165) is 45.7 Å². The van der Waals surface area contributed by atoms with Crippen LogP contribution < -0.4 is 5.43 Å². The highest BCUT2D eigenvalue weighted by molar-refractivity contribution is 7.13. The van der Waals surface area contributed by atoms with E-state index in [-0.39, 0.29) is 5.92 Å². The lowest BCUT2D eigenvalue weighted by Crippen LogP contribution is -2.52. The molecule has 2 fully saturated rings. The van der Waals surface area contributed by atoms with E-state index in [1.807, 2.05) is 9.68 Å². The molecule has 0 aromatic heterocycles. The van der Waals surface area contributed by atoms with Crippen LogP contribution in [-0.2, 0) is 4.79 Å². The van der Waals surface area contributed by atoms with Crippen molar-refractivity contribution in [3.05, 3.63) is 0 Å². The number of carbonyl (C=O) groups excluding carboxylic acids is 1. The minimum absolute atomic E-state index is 0.167. The fourth-order valence-electron chi connectivity index (χ4n) is 2.20. The summed E-state index contributed by atoms with van der Waals surface area (Å²) < 4.78 is 1.98. The highest BCUT2D eigenvalue weighted by Gasteiger charge is 2.28. The van der Waals surface area contributed by atoms with Crippen LogP contribution in [0, 0.1) is 5.92 Å². The smallest absolute Gasteiger partial charge is 0.227 e. The highest BCUT2D eigenvalue weighted by Crippen LogP contribution is 2.15. The molecule has 2 saturated heterocycles. The van der Waals surface area contributed by atoms with Gasteiger partial charge in [-0.1, -0.05) is 0 Å². The first-order valence-electron chi connectivity index (χ1n) is 5.90. The molecule has 0 aliphatic carbocycles. The molecule has 5 nitrogen and oxygen atoms in total. The number of piperazine rings is 1. The van der Waals surface area contributed by atoms with Crippen LogP contribution in [0.1, 0.15) is 6.42 Å². The maximum Gasteiger partial charge on any atom is 0.227 e. The van der Waals surface area contributed by atoms with Crippen molar-refractivity contribution in [2.75, 3.05) is 46.3 Å². The van der Waals surface area contributed by atoms with Crippen LogP contribution in [0.25, 0.3) is 0 Å². The second kappa shape index (κ2) is 5.41. The number of nitrogens with zero attached hydrogens (tertiary/aromatic N) is 3. The molecule has 6 heteroatoms. The highest BCUT2D eigenvalue weighted by atomic mass is 31.0. The third kappa shape index (κ3) is 2.92. The van der Waals surface area contributed by atoms with Gasteiger partial charge in [0, 0.05) is 39.3 Å². The van der Waals surface area contributed by atoms with Crippen LogP contribution in [0.15, 0.2) is 0 Å². The Morgan fingerprint density at radius 3 is 2.50 bits per heavy atom. The van der Waals surface area contributed by atoms with Crippen LogP contribution in [-0.4, -0.2) is 66.8 Å². The Morgan fingerprint density at radius 1 is 1.25 bits per heavy atom. The lowest BCUT2D eigenvalue weighted by atomic mass is 10.0. The molecule has 0 aromatic carbocycles. The van der Waals surface area contributed by atoms with Gasteiger partial charge in [-0.3, -0.25) is 10.2 Å². The molecule has 1 amide bonds. The van der Waals surface area contributed by atoms with Crippen molar-refractivity contribution in [1.29, 1.82) is 0 Å². The summed E-state index contributed by atoms with van der Waals surface area (Å²) in [5.74, 6) is 0.499. The number of hydrogen-bond acceptors (Lipinski definition) is 4. The molecule has 1 N–H and O–H groups in total. The summed E-state index contributed by atoms with van der Waals surface area (Å²) in [7, 11) is 4.73. The van der Waals surface area contributed by atoms with Crippen LogP contribution >= 0.6 is 9.39 Å². The third-order valence-electron chi connectivity index (χ3n) is 3.42. The summed E-state index contributed by atoms with van der Waals surface area (Å²) in [6.45, 7) is 5.47. The van der Waals surface area contributed by atoms with Crippen molar-refractivity contribution in [1.82, 2.24) is 20.0 Å². The van der Waals surface area contributed by atoms with Crippen molar-refractivity contribution in [2.45, 2.75) is 6.42 Å². The van der Waals surface area contributed by atoms with Gasteiger partial charge in [-0.2, -0.15) is 0 Å². The summed E-state index contributed by atoms with van der Waals surface area (Å²) in [5.41, 5.74) is 3.20. The number of amides is 1. The molecule has 2 heterocycles. The van der Waals surface area contributed by atoms with Crippen LogP contribution in [0.4, 0.5) is 0 Å². The number of rotatable bonds is 1. The van der Waals surface area contributed by atoms with Crippen molar-refractivity contribution in [3.8, 4) is 0 Å². The lowest BCUT2D eigenvalue weighted by Gasteiger charge is -2.37. The van der Waals surface area contributed by atoms with E-state index in [0.29, 0.717) is 5.91 Å². The van der Waals surface area contributed by atoms with Gasteiger partial charge >= 0.3 is 0 Å². The predicted molar refractivity (Wildman–Crippen MR) is 66.6 cm³/mol. The lowest BCUT2D eigenvalue weighted by molar-refractivity contribution is -0.138.